The van der Waals surface area contributed by atoms with Gasteiger partial charge >= 0.3 is 0 Å². The first kappa shape index (κ1) is 10.6. The Labute approximate surface area is 83.6 Å². The summed E-state index contributed by atoms with van der Waals surface area (Å²) in [7, 11) is 1.60. The van der Waals surface area contributed by atoms with Crippen molar-refractivity contribution >= 4 is 13.0 Å². The summed E-state index contributed by atoms with van der Waals surface area (Å²) in [4.78, 5) is 10.6. The fraction of sp³-hybridized carbons (Fsp3) is 0.300. The highest BCUT2D eigenvalue weighted by molar-refractivity contribution is 6.73. The Morgan fingerprint density at radius 3 is 2.64 bits per heavy atom. The largest absolute Gasteiger partial charge is 0.504 e. The van der Waals surface area contributed by atoms with Crippen molar-refractivity contribution in [1.82, 2.24) is 0 Å². The summed E-state index contributed by atoms with van der Waals surface area (Å²) < 4.78 is 0. The molecule has 0 fully saturated rings. The van der Waals surface area contributed by atoms with Crippen molar-refractivity contribution in [3.8, 4) is 11.5 Å². The molecule has 0 aromatic heterocycles. The summed E-state index contributed by atoms with van der Waals surface area (Å²) >= 11 is 0. The van der Waals surface area contributed by atoms with E-state index in [1.54, 1.807) is 13.3 Å². The van der Waals surface area contributed by atoms with Crippen LogP contribution in [0.4, 0.5) is 0 Å². The Bertz CT molecular complexity index is 336. The summed E-state index contributed by atoms with van der Waals surface area (Å²) in [6.07, 6.45) is 1.34. The second-order valence-electron chi connectivity index (χ2n) is 3.18. The highest BCUT2D eigenvalue weighted by Gasteiger charge is 2.02. The van der Waals surface area contributed by atoms with Crippen LogP contribution >= 0.6 is 0 Å². The normalized spacial score (nSPS) is 9.79. The SMILES string of the molecule is CC(=O)[B]CCc1ccc(O)c(O)c1. The van der Waals surface area contributed by atoms with Gasteiger partial charge in [0, 0.05) is 0 Å². The van der Waals surface area contributed by atoms with Gasteiger partial charge < -0.3 is 15.0 Å². The third-order valence-corrected chi connectivity index (χ3v) is 1.90. The lowest BCUT2D eigenvalue weighted by atomic mass is 9.69. The summed E-state index contributed by atoms with van der Waals surface area (Å²) in [6, 6.07) is 4.67. The number of benzene rings is 1. The lowest BCUT2D eigenvalue weighted by Crippen LogP contribution is -2.03. The van der Waals surface area contributed by atoms with Gasteiger partial charge in [-0.3, -0.25) is 0 Å². The predicted molar refractivity (Wildman–Crippen MR) is 54.7 cm³/mol. The molecule has 0 unspecified atom stereocenters. The van der Waals surface area contributed by atoms with Crippen LogP contribution in [0.1, 0.15) is 12.5 Å². The van der Waals surface area contributed by atoms with Gasteiger partial charge in [-0.15, -0.1) is 0 Å². The maximum Gasteiger partial charge on any atom is 0.202 e. The second kappa shape index (κ2) is 4.70. The molecule has 1 aromatic rings. The fourth-order valence-corrected chi connectivity index (χ4v) is 1.17. The molecule has 0 aliphatic rings. The average molecular weight is 191 g/mol. The topological polar surface area (TPSA) is 57.5 Å². The van der Waals surface area contributed by atoms with Crippen molar-refractivity contribution in [2.45, 2.75) is 19.7 Å². The van der Waals surface area contributed by atoms with E-state index in [1.807, 2.05) is 0 Å². The number of phenolic OH excluding ortho intramolecular Hbond substituents is 2. The van der Waals surface area contributed by atoms with Crippen LogP contribution in [0.15, 0.2) is 18.2 Å². The molecular formula is C10H12BO3. The molecule has 1 aromatic carbocycles. The van der Waals surface area contributed by atoms with Gasteiger partial charge in [0.05, 0.1) is 5.68 Å². The molecule has 73 valence electrons. The lowest BCUT2D eigenvalue weighted by Gasteiger charge is -2.01. The van der Waals surface area contributed by atoms with E-state index in [0.29, 0.717) is 12.7 Å². The minimum atomic E-state index is -0.121. The molecule has 0 bridgehead atoms. The third kappa shape index (κ3) is 3.13. The molecule has 0 amide bonds. The van der Waals surface area contributed by atoms with Crippen LogP contribution in [-0.2, 0) is 11.2 Å². The summed E-state index contributed by atoms with van der Waals surface area (Å²) in [5, 5.41) is 18.2. The maximum atomic E-state index is 10.6. The molecule has 2 N–H and O–H groups in total. The highest BCUT2D eigenvalue weighted by atomic mass is 16.3. The van der Waals surface area contributed by atoms with E-state index in [2.05, 4.69) is 0 Å². The first-order chi connectivity index (χ1) is 6.59. The molecule has 0 aliphatic carbocycles. The third-order valence-electron chi connectivity index (χ3n) is 1.90. The van der Waals surface area contributed by atoms with E-state index in [1.165, 1.54) is 19.1 Å². The van der Waals surface area contributed by atoms with Gasteiger partial charge in [0.1, 0.15) is 0 Å². The van der Waals surface area contributed by atoms with Crippen molar-refractivity contribution in [2.75, 3.05) is 0 Å². The molecule has 1 radical (unpaired) electrons. The summed E-state index contributed by atoms with van der Waals surface area (Å²) in [6.45, 7) is 1.51. The zero-order chi connectivity index (χ0) is 10.6. The zero-order valence-corrected chi connectivity index (χ0v) is 8.03. The standard InChI is InChI=1S/C10H12BO3/c1-7(12)11-5-4-8-2-3-9(13)10(14)6-8/h2-3,6,13-14H,4-5H2,1H3. The molecular weight excluding hydrogens is 179 g/mol. The van der Waals surface area contributed by atoms with Crippen LogP contribution < -0.4 is 0 Å². The molecule has 0 atom stereocenters. The zero-order valence-electron chi connectivity index (χ0n) is 8.03. The van der Waals surface area contributed by atoms with Crippen molar-refractivity contribution in [3.05, 3.63) is 23.8 Å². The minimum absolute atomic E-state index is 0.0491. The molecule has 0 spiro atoms. The maximum absolute atomic E-state index is 10.6. The van der Waals surface area contributed by atoms with Crippen LogP contribution in [0, 0.1) is 0 Å². The van der Waals surface area contributed by atoms with Gasteiger partial charge in [0.25, 0.3) is 0 Å². The summed E-state index contributed by atoms with van der Waals surface area (Å²) in [5.41, 5.74) is 0.950. The van der Waals surface area contributed by atoms with E-state index in [9.17, 15) is 9.90 Å². The van der Waals surface area contributed by atoms with Crippen molar-refractivity contribution < 1.29 is 15.0 Å². The number of aryl methyl sites for hydroxylation is 1. The number of phenols is 2. The number of carbonyl (C=O) groups is 1. The highest BCUT2D eigenvalue weighted by Crippen LogP contribution is 2.25. The smallest absolute Gasteiger partial charge is 0.202 e. The van der Waals surface area contributed by atoms with Gasteiger partial charge in [-0.05, 0) is 31.0 Å². The Kier molecular flexibility index (Phi) is 3.57. The van der Waals surface area contributed by atoms with Crippen LogP contribution in [0.2, 0.25) is 6.32 Å². The number of aromatic hydroxyl groups is 2. The van der Waals surface area contributed by atoms with E-state index in [-0.39, 0.29) is 17.2 Å². The molecule has 14 heavy (non-hydrogen) atoms. The molecule has 1 rings (SSSR count). The monoisotopic (exact) mass is 191 g/mol. The molecule has 0 saturated carbocycles. The Hall–Kier alpha value is -1.45. The van der Waals surface area contributed by atoms with Crippen LogP contribution in [-0.4, -0.2) is 23.2 Å². The molecule has 0 aliphatic heterocycles. The van der Waals surface area contributed by atoms with E-state index in [0.717, 1.165) is 5.56 Å². The van der Waals surface area contributed by atoms with Crippen molar-refractivity contribution in [2.24, 2.45) is 0 Å². The molecule has 0 heterocycles. The lowest BCUT2D eigenvalue weighted by molar-refractivity contribution is -0.110. The fourth-order valence-electron chi connectivity index (χ4n) is 1.17. The first-order valence-corrected chi connectivity index (χ1v) is 4.44. The number of hydrogen-bond donors (Lipinski definition) is 2. The van der Waals surface area contributed by atoms with Crippen LogP contribution in [0.25, 0.3) is 0 Å². The van der Waals surface area contributed by atoms with Gasteiger partial charge in [-0.2, -0.15) is 0 Å². The predicted octanol–water partition coefficient (Wildman–Crippen LogP) is 1.31. The Balaban J connectivity index is 2.51. The Morgan fingerprint density at radius 2 is 2.07 bits per heavy atom. The van der Waals surface area contributed by atoms with Crippen molar-refractivity contribution in [1.29, 1.82) is 0 Å². The van der Waals surface area contributed by atoms with Gasteiger partial charge in [0.2, 0.25) is 7.28 Å². The van der Waals surface area contributed by atoms with Crippen LogP contribution in [0.3, 0.4) is 0 Å². The van der Waals surface area contributed by atoms with Crippen molar-refractivity contribution in [3.63, 3.8) is 0 Å². The summed E-state index contributed by atoms with van der Waals surface area (Å²) in [5.74, 6) is -0.241. The molecule has 4 heteroatoms. The van der Waals surface area contributed by atoms with Gasteiger partial charge in [0.15, 0.2) is 11.5 Å². The minimum Gasteiger partial charge on any atom is -0.504 e. The van der Waals surface area contributed by atoms with E-state index < -0.39 is 0 Å². The second-order valence-corrected chi connectivity index (χ2v) is 3.18. The Morgan fingerprint density at radius 1 is 1.36 bits per heavy atom. The molecule has 0 saturated heterocycles. The molecule has 3 nitrogen and oxygen atoms in total. The van der Waals surface area contributed by atoms with Gasteiger partial charge in [-0.1, -0.05) is 12.4 Å². The van der Waals surface area contributed by atoms with Crippen LogP contribution in [0.5, 0.6) is 11.5 Å². The first-order valence-electron chi connectivity index (χ1n) is 4.44. The van der Waals surface area contributed by atoms with Gasteiger partial charge in [-0.25, -0.2) is 0 Å². The number of hydrogen-bond acceptors (Lipinski definition) is 3. The number of rotatable bonds is 4. The average Bonchev–Trinajstić information content (AvgIpc) is 2.10. The van der Waals surface area contributed by atoms with E-state index in [4.69, 9.17) is 5.11 Å². The quantitative estimate of drug-likeness (QED) is 0.557. The number of carbonyl (C=O) groups excluding carboxylic acids is 1. The van der Waals surface area contributed by atoms with E-state index >= 15 is 0 Å².